The number of benzene rings is 1. The second-order valence-corrected chi connectivity index (χ2v) is 8.52. The smallest absolute Gasteiger partial charge is 0.296 e. The number of aliphatic hydroxyl groups is 1. The number of ether oxygens (including phenoxy) is 2. The topological polar surface area (TPSA) is 119 Å². The van der Waals surface area contributed by atoms with Gasteiger partial charge >= 0.3 is 0 Å². The second-order valence-electron chi connectivity index (χ2n) is 7.15. The van der Waals surface area contributed by atoms with E-state index in [1.807, 2.05) is 6.92 Å². The molecule has 2 N–H and O–H groups in total. The number of rotatable bonds is 8. The molecule has 0 unspecified atom stereocenters. The van der Waals surface area contributed by atoms with Gasteiger partial charge in [-0.15, -0.1) is 5.10 Å². The Morgan fingerprint density at radius 2 is 1.97 bits per heavy atom. The third-order valence-electron chi connectivity index (χ3n) is 4.78. The third-order valence-corrected chi connectivity index (χ3v) is 5.76. The third kappa shape index (κ3) is 5.48. The van der Waals surface area contributed by atoms with Gasteiger partial charge in [0, 0.05) is 29.2 Å². The van der Waals surface area contributed by atoms with Crippen LogP contribution in [0.2, 0.25) is 5.02 Å². The van der Waals surface area contributed by atoms with Crippen molar-refractivity contribution in [3.63, 3.8) is 0 Å². The molecule has 0 radical (unpaired) electrons. The highest BCUT2D eigenvalue weighted by atomic mass is 35.5. The number of aryl methyl sites for hydroxylation is 1. The van der Waals surface area contributed by atoms with Crippen LogP contribution in [0, 0.1) is 6.92 Å². The van der Waals surface area contributed by atoms with E-state index in [0.717, 1.165) is 17.0 Å². The summed E-state index contributed by atoms with van der Waals surface area (Å²) in [6.45, 7) is 1.91. The van der Waals surface area contributed by atoms with Crippen LogP contribution in [0.3, 0.4) is 0 Å². The molecule has 0 atom stereocenters. The fourth-order valence-electron chi connectivity index (χ4n) is 3.13. The number of anilines is 1. The fourth-order valence-corrected chi connectivity index (χ4v) is 3.83. The molecule has 0 saturated carbocycles. The van der Waals surface area contributed by atoms with E-state index in [9.17, 15) is 9.90 Å². The average Bonchev–Trinajstić information content (AvgIpc) is 3.30. The van der Waals surface area contributed by atoms with Gasteiger partial charge in [0.2, 0.25) is 5.13 Å². The van der Waals surface area contributed by atoms with Gasteiger partial charge in [-0.1, -0.05) is 28.8 Å². The zero-order chi connectivity index (χ0) is 24.1. The number of pyridine rings is 2. The molecule has 0 fully saturated rings. The molecule has 1 amide bonds. The molecule has 0 saturated heterocycles. The van der Waals surface area contributed by atoms with Crippen molar-refractivity contribution in [3.8, 4) is 22.1 Å². The largest absolute Gasteiger partial charge is 0.496 e. The Bertz CT molecular complexity index is 1310. The Kier molecular flexibility index (Phi) is 7.31. The van der Waals surface area contributed by atoms with Gasteiger partial charge in [-0.2, -0.15) is 0 Å². The van der Waals surface area contributed by atoms with Crippen molar-refractivity contribution in [1.82, 2.24) is 20.2 Å². The van der Waals surface area contributed by atoms with E-state index in [0.29, 0.717) is 38.7 Å². The Balaban J connectivity index is 1.53. The maximum Gasteiger partial charge on any atom is 0.296 e. The summed E-state index contributed by atoms with van der Waals surface area (Å²) < 4.78 is 11.1. The number of hydrogen-bond donors (Lipinski definition) is 2. The maximum absolute atomic E-state index is 13.1. The number of nitrogens with zero attached hydrogens (tertiary/aromatic N) is 4. The van der Waals surface area contributed by atoms with Crippen molar-refractivity contribution >= 4 is 34.0 Å². The van der Waals surface area contributed by atoms with Crippen LogP contribution in [0.4, 0.5) is 5.13 Å². The summed E-state index contributed by atoms with van der Waals surface area (Å²) in [4.78, 5) is 21.5. The summed E-state index contributed by atoms with van der Waals surface area (Å²) in [6.07, 6.45) is 3.04. The summed E-state index contributed by atoms with van der Waals surface area (Å²) in [5, 5.41) is 21.2. The molecule has 9 nitrogen and oxygen atoms in total. The molecular weight excluding hydrogens is 478 g/mol. The summed E-state index contributed by atoms with van der Waals surface area (Å²) in [7, 11) is 1.54. The first-order chi connectivity index (χ1) is 16.5. The van der Waals surface area contributed by atoms with Gasteiger partial charge in [-0.25, -0.2) is 0 Å². The number of nitrogens with one attached hydrogen (secondary N) is 1. The van der Waals surface area contributed by atoms with Crippen LogP contribution < -0.4 is 14.8 Å². The van der Waals surface area contributed by atoms with E-state index >= 15 is 0 Å². The number of methoxy groups -OCH3 is 1. The van der Waals surface area contributed by atoms with Crippen LogP contribution in [-0.2, 0) is 13.2 Å². The molecule has 1 aromatic carbocycles. The standard InChI is InChI=1S/C23H20ClN5O4S/c1-13-7-18(17-6-3-14(11-30)8-20(17)32-2)19(10-25-13)21(31)27-22-28-29-23(34-22)33-12-16-5-4-15(24)9-26-16/h3-10,30H,11-12H2,1-2H3,(H,27,28,31). The first-order valence-corrected chi connectivity index (χ1v) is 11.3. The summed E-state index contributed by atoms with van der Waals surface area (Å²) in [5.74, 6) is 0.131. The first-order valence-electron chi connectivity index (χ1n) is 10.1. The second kappa shape index (κ2) is 10.6. The normalized spacial score (nSPS) is 10.7. The SMILES string of the molecule is COc1cc(CO)ccc1-c1cc(C)ncc1C(=O)Nc1nnc(OCc2ccc(Cl)cn2)s1. The van der Waals surface area contributed by atoms with Crippen molar-refractivity contribution in [3.05, 3.63) is 76.3 Å². The molecule has 174 valence electrons. The number of halogens is 1. The van der Waals surface area contributed by atoms with E-state index < -0.39 is 5.91 Å². The molecule has 34 heavy (non-hydrogen) atoms. The lowest BCUT2D eigenvalue weighted by atomic mass is 9.98. The van der Waals surface area contributed by atoms with Gasteiger partial charge in [0.25, 0.3) is 11.1 Å². The lowest BCUT2D eigenvalue weighted by Gasteiger charge is -2.14. The fraction of sp³-hybridized carbons (Fsp3) is 0.174. The minimum Gasteiger partial charge on any atom is -0.496 e. The number of aromatic nitrogens is 4. The van der Waals surface area contributed by atoms with Crippen molar-refractivity contribution in [1.29, 1.82) is 0 Å². The molecule has 4 rings (SSSR count). The summed E-state index contributed by atoms with van der Waals surface area (Å²) in [6, 6.07) is 10.6. The molecule has 0 aliphatic heterocycles. The Hall–Kier alpha value is -3.60. The van der Waals surface area contributed by atoms with Crippen LogP contribution in [-0.4, -0.2) is 38.3 Å². The molecule has 0 spiro atoms. The first kappa shape index (κ1) is 23.6. The summed E-state index contributed by atoms with van der Waals surface area (Å²) in [5.41, 5.74) is 3.80. The van der Waals surface area contributed by atoms with E-state index in [1.54, 1.807) is 36.4 Å². The van der Waals surface area contributed by atoms with E-state index in [2.05, 4.69) is 25.5 Å². The number of hydrogen-bond acceptors (Lipinski definition) is 9. The van der Waals surface area contributed by atoms with Crippen LogP contribution >= 0.6 is 22.9 Å². The van der Waals surface area contributed by atoms with E-state index in [1.165, 1.54) is 19.5 Å². The van der Waals surface area contributed by atoms with Gasteiger partial charge in [0.15, 0.2) is 0 Å². The van der Waals surface area contributed by atoms with Crippen LogP contribution in [0.25, 0.3) is 11.1 Å². The lowest BCUT2D eigenvalue weighted by Crippen LogP contribution is -2.14. The number of amides is 1. The maximum atomic E-state index is 13.1. The molecule has 0 aliphatic carbocycles. The number of carbonyl (C=O) groups is 1. The Labute approximate surface area is 204 Å². The predicted molar refractivity (Wildman–Crippen MR) is 128 cm³/mol. The van der Waals surface area contributed by atoms with E-state index in [-0.39, 0.29) is 23.5 Å². The minimum atomic E-state index is -0.405. The monoisotopic (exact) mass is 497 g/mol. The van der Waals surface area contributed by atoms with Gasteiger partial charge in [0.05, 0.1) is 30.0 Å². The van der Waals surface area contributed by atoms with Gasteiger partial charge < -0.3 is 14.6 Å². The number of aliphatic hydroxyl groups excluding tert-OH is 1. The molecule has 0 aliphatic rings. The molecule has 3 aromatic heterocycles. The van der Waals surface area contributed by atoms with Gasteiger partial charge in [-0.05, 0) is 48.1 Å². The highest BCUT2D eigenvalue weighted by Gasteiger charge is 2.19. The average molecular weight is 498 g/mol. The quantitative estimate of drug-likeness (QED) is 0.370. The minimum absolute atomic E-state index is 0.116. The molecule has 4 aromatic rings. The molecule has 3 heterocycles. The summed E-state index contributed by atoms with van der Waals surface area (Å²) >= 11 is 6.93. The molecule has 11 heteroatoms. The molecular formula is C23H20ClN5O4S. The zero-order valence-corrected chi connectivity index (χ0v) is 19.9. The van der Waals surface area contributed by atoms with Gasteiger partial charge in [-0.3, -0.25) is 20.1 Å². The molecule has 0 bridgehead atoms. The lowest BCUT2D eigenvalue weighted by molar-refractivity contribution is 0.102. The van der Waals surface area contributed by atoms with Crippen molar-refractivity contribution in [2.24, 2.45) is 0 Å². The van der Waals surface area contributed by atoms with Crippen molar-refractivity contribution in [2.75, 3.05) is 12.4 Å². The Morgan fingerprint density at radius 1 is 1.12 bits per heavy atom. The zero-order valence-electron chi connectivity index (χ0n) is 18.3. The van der Waals surface area contributed by atoms with E-state index in [4.69, 9.17) is 21.1 Å². The highest BCUT2D eigenvalue weighted by Crippen LogP contribution is 2.34. The van der Waals surface area contributed by atoms with Crippen molar-refractivity contribution in [2.45, 2.75) is 20.1 Å². The van der Waals surface area contributed by atoms with Crippen LogP contribution in [0.15, 0.2) is 48.8 Å². The van der Waals surface area contributed by atoms with Crippen molar-refractivity contribution < 1.29 is 19.4 Å². The number of carbonyl (C=O) groups excluding carboxylic acids is 1. The van der Waals surface area contributed by atoms with Crippen LogP contribution in [0.1, 0.15) is 27.3 Å². The highest BCUT2D eigenvalue weighted by molar-refractivity contribution is 7.17. The van der Waals surface area contributed by atoms with Gasteiger partial charge in [0.1, 0.15) is 12.4 Å². The predicted octanol–water partition coefficient (Wildman–Crippen LogP) is 4.29. The van der Waals surface area contributed by atoms with Crippen LogP contribution in [0.5, 0.6) is 10.9 Å². The Morgan fingerprint density at radius 3 is 2.71 bits per heavy atom.